The van der Waals surface area contributed by atoms with Crippen molar-refractivity contribution < 1.29 is 9.46 Å². The molecule has 0 aliphatic rings. The maximum atomic E-state index is 12.2. The number of benzene rings is 4. The molecule has 24 heavy (non-hydrogen) atoms. The lowest BCUT2D eigenvalue weighted by atomic mass is 9.94. The van der Waals surface area contributed by atoms with Crippen LogP contribution < -0.4 is 4.89 Å². The highest BCUT2D eigenvalue weighted by molar-refractivity contribution is 7.37. The second kappa shape index (κ2) is 6.16. The number of rotatable bonds is 3. The highest BCUT2D eigenvalue weighted by Gasteiger charge is 2.29. The van der Waals surface area contributed by atoms with E-state index in [-0.39, 0.29) is 0 Å². The summed E-state index contributed by atoms with van der Waals surface area (Å²) in [5, 5.41) is 4.07. The first-order valence-corrected chi connectivity index (χ1v) is 9.09. The largest absolute Gasteiger partial charge is 0.595 e. The summed E-state index contributed by atoms with van der Waals surface area (Å²) in [6, 6.07) is 27.5. The molecule has 0 aromatic heterocycles. The molecule has 0 bridgehead atoms. The van der Waals surface area contributed by atoms with Gasteiger partial charge in [-0.25, -0.2) is 0 Å². The first kappa shape index (κ1) is 15.0. The number of fused-ring (bicyclic) bond motifs is 2. The molecule has 0 fully saturated rings. The van der Waals surface area contributed by atoms with Gasteiger partial charge in [-0.15, -0.1) is 0 Å². The molecular weight excluding hydrogens is 315 g/mol. The molecule has 4 rings (SSSR count). The van der Waals surface area contributed by atoms with Crippen molar-refractivity contribution in [2.75, 3.05) is 0 Å². The van der Waals surface area contributed by atoms with Crippen molar-refractivity contribution in [3.63, 3.8) is 0 Å². The molecule has 0 N–H and O–H groups in total. The molecule has 0 saturated heterocycles. The van der Waals surface area contributed by atoms with Crippen LogP contribution in [0.15, 0.2) is 84.9 Å². The second-order valence-electron chi connectivity index (χ2n) is 5.82. The Balaban J connectivity index is 2.02. The Morgan fingerprint density at radius 1 is 0.625 bits per heavy atom. The molecule has 116 valence electrons. The van der Waals surface area contributed by atoms with E-state index in [1.165, 1.54) is 0 Å². The minimum atomic E-state index is -2.66. The van der Waals surface area contributed by atoms with E-state index in [1.807, 2.05) is 84.9 Å². The van der Waals surface area contributed by atoms with Crippen molar-refractivity contribution in [2.45, 2.75) is 5.66 Å². The van der Waals surface area contributed by atoms with Gasteiger partial charge in [-0.05, 0) is 21.5 Å². The Morgan fingerprint density at radius 2 is 1.04 bits per heavy atom. The zero-order valence-electron chi connectivity index (χ0n) is 12.9. The molecule has 4 aromatic rings. The first-order chi connectivity index (χ1) is 11.8. The average molecular weight is 330 g/mol. The zero-order valence-corrected chi connectivity index (χ0v) is 13.8. The molecule has 0 amide bonds. The minimum Gasteiger partial charge on any atom is -0.595 e. The van der Waals surface area contributed by atoms with Crippen LogP contribution in [0.1, 0.15) is 16.8 Å². The van der Waals surface area contributed by atoms with Crippen molar-refractivity contribution in [3.05, 3.63) is 96.1 Å². The Morgan fingerprint density at radius 3 is 1.50 bits per heavy atom. The van der Waals surface area contributed by atoms with Crippen molar-refractivity contribution in [1.29, 1.82) is 0 Å². The minimum absolute atomic E-state index is 0.655. The predicted octanol–water partition coefficient (Wildman–Crippen LogP) is 5.19. The lowest BCUT2D eigenvalue weighted by molar-refractivity contribution is -0.165. The summed E-state index contributed by atoms with van der Waals surface area (Å²) >= 11 is 0. The van der Waals surface area contributed by atoms with Crippen molar-refractivity contribution in [2.24, 2.45) is 0 Å². The van der Waals surface area contributed by atoms with Gasteiger partial charge in [0.1, 0.15) is 0 Å². The molecule has 2 nitrogen and oxygen atoms in total. The summed E-state index contributed by atoms with van der Waals surface area (Å²) in [5.74, 6) is 0. The van der Waals surface area contributed by atoms with E-state index >= 15 is 0 Å². The van der Waals surface area contributed by atoms with Gasteiger partial charge < -0.3 is 4.89 Å². The molecular formula is C21H15O2P. The standard InChI is InChI=1S/C21H15O2P/c22-24(23)21(19-13-5-9-15-7-1-3-11-17(15)19)20-14-6-10-16-8-2-4-12-18(16)20/h1-14,21H. The normalized spacial score (nSPS) is 12.0. The molecule has 3 heteroatoms. The van der Waals surface area contributed by atoms with E-state index in [1.54, 1.807) is 0 Å². The SMILES string of the molecule is O=[P+]([O-])C(c1cccc2ccccc12)c1cccc2ccccc12. The molecule has 0 spiro atoms. The molecule has 0 radical (unpaired) electrons. The monoisotopic (exact) mass is 330 g/mol. The van der Waals surface area contributed by atoms with Crippen LogP contribution in [-0.4, -0.2) is 0 Å². The molecule has 1 atom stereocenters. The van der Waals surface area contributed by atoms with E-state index in [0.717, 1.165) is 32.7 Å². The Kier molecular flexibility index (Phi) is 3.86. The van der Waals surface area contributed by atoms with Gasteiger partial charge in [0.05, 0.1) is 0 Å². The summed E-state index contributed by atoms with van der Waals surface area (Å²) < 4.78 is 12.2. The molecule has 0 aliphatic carbocycles. The van der Waals surface area contributed by atoms with Gasteiger partial charge in [0.15, 0.2) is 0 Å². The van der Waals surface area contributed by atoms with Crippen LogP contribution >= 0.6 is 8.03 Å². The van der Waals surface area contributed by atoms with E-state index in [4.69, 9.17) is 0 Å². The van der Waals surface area contributed by atoms with Gasteiger partial charge in [-0.1, -0.05) is 89.5 Å². The lowest BCUT2D eigenvalue weighted by Gasteiger charge is -2.15. The van der Waals surface area contributed by atoms with Crippen LogP contribution in [0.2, 0.25) is 0 Å². The molecule has 4 aromatic carbocycles. The summed E-state index contributed by atoms with van der Waals surface area (Å²) in [6.45, 7) is 0. The zero-order chi connectivity index (χ0) is 16.5. The number of hydrogen-bond donors (Lipinski definition) is 0. The maximum Gasteiger partial charge on any atom is 0.321 e. The molecule has 0 aliphatic heterocycles. The summed E-state index contributed by atoms with van der Waals surface area (Å²) in [6.07, 6.45) is 0. The van der Waals surface area contributed by atoms with E-state index < -0.39 is 13.7 Å². The lowest BCUT2D eigenvalue weighted by Crippen LogP contribution is -2.04. The van der Waals surface area contributed by atoms with Crippen molar-refractivity contribution in [1.82, 2.24) is 0 Å². The quantitative estimate of drug-likeness (QED) is 0.485. The summed E-state index contributed by atoms with van der Waals surface area (Å²) in [5.41, 5.74) is 1.01. The van der Waals surface area contributed by atoms with Gasteiger partial charge in [0.25, 0.3) is 0 Å². The van der Waals surface area contributed by atoms with Gasteiger partial charge in [-0.3, -0.25) is 0 Å². The maximum absolute atomic E-state index is 12.2. The smallest absolute Gasteiger partial charge is 0.321 e. The Bertz CT molecular complexity index is 966. The highest BCUT2D eigenvalue weighted by atomic mass is 31.1. The van der Waals surface area contributed by atoms with Crippen molar-refractivity contribution >= 4 is 29.6 Å². The van der Waals surface area contributed by atoms with E-state index in [9.17, 15) is 9.46 Å². The molecule has 1 unspecified atom stereocenters. The topological polar surface area (TPSA) is 40.1 Å². The van der Waals surface area contributed by atoms with Crippen LogP contribution in [-0.2, 0) is 4.57 Å². The average Bonchev–Trinajstić information content (AvgIpc) is 2.62. The third-order valence-corrected chi connectivity index (χ3v) is 5.42. The Hall–Kier alpha value is -2.54. The van der Waals surface area contributed by atoms with Crippen LogP contribution in [0.25, 0.3) is 21.5 Å². The third kappa shape index (κ3) is 2.50. The molecule has 0 saturated carbocycles. The van der Waals surface area contributed by atoms with Crippen LogP contribution in [0.4, 0.5) is 0 Å². The van der Waals surface area contributed by atoms with E-state index in [2.05, 4.69) is 0 Å². The van der Waals surface area contributed by atoms with Crippen LogP contribution in [0.5, 0.6) is 0 Å². The van der Waals surface area contributed by atoms with Crippen LogP contribution in [0, 0.1) is 0 Å². The molecule has 0 heterocycles. The van der Waals surface area contributed by atoms with Gasteiger partial charge in [0.2, 0.25) is 5.66 Å². The highest BCUT2D eigenvalue weighted by Crippen LogP contribution is 2.45. The van der Waals surface area contributed by atoms with Gasteiger partial charge in [0, 0.05) is 11.1 Å². The fraction of sp³-hybridized carbons (Fsp3) is 0.0476. The first-order valence-electron chi connectivity index (χ1n) is 7.84. The summed E-state index contributed by atoms with van der Waals surface area (Å²) in [7, 11) is -2.66. The van der Waals surface area contributed by atoms with Gasteiger partial charge >= 0.3 is 8.03 Å². The fourth-order valence-corrected chi connectivity index (χ4v) is 4.28. The third-order valence-electron chi connectivity index (χ3n) is 4.45. The number of hydrogen-bond acceptors (Lipinski definition) is 2. The summed E-state index contributed by atoms with van der Waals surface area (Å²) in [4.78, 5) is 12.2. The fourth-order valence-electron chi connectivity index (χ4n) is 3.37. The van der Waals surface area contributed by atoms with E-state index in [0.29, 0.717) is 0 Å². The van der Waals surface area contributed by atoms with Gasteiger partial charge in [-0.2, -0.15) is 0 Å². The van der Waals surface area contributed by atoms with Crippen LogP contribution in [0.3, 0.4) is 0 Å². The van der Waals surface area contributed by atoms with Crippen molar-refractivity contribution in [3.8, 4) is 0 Å². The Labute approximate surface area is 141 Å². The predicted molar refractivity (Wildman–Crippen MR) is 97.3 cm³/mol. The second-order valence-corrected chi connectivity index (χ2v) is 6.91.